The maximum Gasteiger partial charge on any atom is 0.326 e. The Morgan fingerprint density at radius 1 is 0.547 bits per heavy atom. The van der Waals surface area contributed by atoms with Gasteiger partial charge in [-0.25, -0.2) is 4.79 Å². The molecule has 0 radical (unpaired) electrons. The van der Waals surface area contributed by atoms with Crippen molar-refractivity contribution < 1.29 is 62.6 Å². The van der Waals surface area contributed by atoms with Gasteiger partial charge in [0.2, 0.25) is 65.0 Å². The Bertz CT molecular complexity index is 2250. The van der Waals surface area contributed by atoms with Gasteiger partial charge in [0.15, 0.2) is 0 Å². The Hall–Kier alpha value is -6.36. The fraction of sp³-hybridized carbons (Fsp3) is 0.765. The second-order valence-electron chi connectivity index (χ2n) is 21.7. The molecular formula is C51H77N11O13. The summed E-state index contributed by atoms with van der Waals surface area (Å²) in [5, 5.41) is 23.1. The van der Waals surface area contributed by atoms with Crippen LogP contribution in [0.3, 0.4) is 0 Å². The van der Waals surface area contributed by atoms with Crippen LogP contribution < -0.4 is 26.6 Å². The Labute approximate surface area is 437 Å². The van der Waals surface area contributed by atoms with Crippen LogP contribution >= 0.6 is 0 Å². The molecule has 24 nitrogen and oxygen atoms in total. The van der Waals surface area contributed by atoms with E-state index < -0.39 is 133 Å². The lowest BCUT2D eigenvalue weighted by Crippen LogP contribution is -2.59. The first-order valence-electron chi connectivity index (χ1n) is 27.3. The van der Waals surface area contributed by atoms with E-state index in [9.17, 15) is 62.6 Å². The number of nitrogens with one attached hydrogen (secondary N) is 5. The average Bonchev–Trinajstić information content (AvgIpc) is 4.24. The van der Waals surface area contributed by atoms with Crippen molar-refractivity contribution in [3.8, 4) is 0 Å². The minimum atomic E-state index is -1.08. The van der Waals surface area contributed by atoms with Crippen LogP contribution in [0.25, 0.3) is 0 Å². The molecule has 10 atom stereocenters. The van der Waals surface area contributed by atoms with Crippen molar-refractivity contribution in [2.75, 3.05) is 52.4 Å². The predicted octanol–water partition coefficient (Wildman–Crippen LogP) is -1.41. The lowest BCUT2D eigenvalue weighted by Gasteiger charge is -2.35. The Balaban J connectivity index is 0.921. The summed E-state index contributed by atoms with van der Waals surface area (Å²) in [6, 6.07) is -8.14. The molecule has 0 bridgehead atoms. The van der Waals surface area contributed by atoms with Crippen LogP contribution in [-0.2, 0) is 57.5 Å². The van der Waals surface area contributed by atoms with E-state index in [2.05, 4.69) is 26.6 Å². The molecule has 6 N–H and O–H groups in total. The van der Waals surface area contributed by atoms with Crippen molar-refractivity contribution in [1.82, 2.24) is 56.0 Å². The standard InChI is InChI=1S/C51H77N11O13/c1-5-30(4)42(50(73)61-24-10-16-37(61)49(72)62-25-11-17-38(62)51(74)75)56-45(68)34-13-7-22-59(34)47(70)35-14-8-20-57(35)41(65)28-53-44(67)33-12-6-21-58(33)48(71)36-15-9-23-60(36)46(69)32(26-29(2)3)55-40(64)27-52-43(66)31-18-19-39(63)54-31/h29-38,42H,5-28H2,1-4H3,(H,52,66)(H,53,67)(H,54,63)(H,55,64)(H,56,68)(H,74,75). The van der Waals surface area contributed by atoms with E-state index >= 15 is 0 Å². The fourth-order valence-electron chi connectivity index (χ4n) is 12.1. The van der Waals surface area contributed by atoms with Gasteiger partial charge in [-0.3, -0.25) is 52.7 Å². The summed E-state index contributed by atoms with van der Waals surface area (Å²) in [6.07, 6.45) is 6.50. The normalized spacial score (nSPS) is 26.8. The number of hydrogen-bond donors (Lipinski definition) is 6. The van der Waals surface area contributed by atoms with Crippen LogP contribution in [0.15, 0.2) is 0 Å². The van der Waals surface area contributed by atoms with Crippen molar-refractivity contribution in [2.24, 2.45) is 11.8 Å². The van der Waals surface area contributed by atoms with E-state index in [-0.39, 0.29) is 63.3 Å². The summed E-state index contributed by atoms with van der Waals surface area (Å²) in [6.45, 7) is 8.21. The summed E-state index contributed by atoms with van der Waals surface area (Å²) in [5.41, 5.74) is 0. The zero-order valence-electron chi connectivity index (χ0n) is 43.9. The molecule has 7 rings (SSSR count). The monoisotopic (exact) mass is 1050 g/mol. The minimum Gasteiger partial charge on any atom is -0.480 e. The first-order valence-corrected chi connectivity index (χ1v) is 27.3. The molecule has 7 saturated heterocycles. The van der Waals surface area contributed by atoms with Gasteiger partial charge >= 0.3 is 5.97 Å². The third kappa shape index (κ3) is 12.8. The largest absolute Gasteiger partial charge is 0.480 e. The highest BCUT2D eigenvalue weighted by Gasteiger charge is 2.48. The second kappa shape index (κ2) is 25.0. The number of amides is 11. The highest BCUT2D eigenvalue weighted by molar-refractivity contribution is 5.99. The summed E-state index contributed by atoms with van der Waals surface area (Å²) in [5.74, 6) is -6.50. The predicted molar refractivity (Wildman–Crippen MR) is 266 cm³/mol. The van der Waals surface area contributed by atoms with Crippen molar-refractivity contribution in [2.45, 2.75) is 185 Å². The number of hydrogen-bond acceptors (Lipinski definition) is 12. The molecule has 0 aromatic rings. The number of likely N-dealkylation sites (tertiary alicyclic amines) is 6. The topological polar surface area (TPSA) is 305 Å². The SMILES string of the molecule is CCC(C)C(NC(=O)C1CCCN1C(=O)C1CCCN1C(=O)CNC(=O)C1CCCN1C(=O)C1CCCN1C(=O)C(CC(C)C)NC(=O)CNC(=O)C1CCC(=O)N1)C(=O)N1CCCC1C(=O)N1CCCC1C(=O)O. The number of carboxylic acid groups (broad SMARTS) is 1. The molecule has 0 spiro atoms. The van der Waals surface area contributed by atoms with Gasteiger partial charge in [0.1, 0.15) is 54.4 Å². The van der Waals surface area contributed by atoms with E-state index in [4.69, 9.17) is 0 Å². The van der Waals surface area contributed by atoms with Crippen molar-refractivity contribution in [3.05, 3.63) is 0 Å². The first kappa shape index (κ1) is 56.4. The average molecular weight is 1050 g/mol. The van der Waals surface area contributed by atoms with E-state index in [1.807, 2.05) is 27.7 Å². The lowest BCUT2D eigenvalue weighted by molar-refractivity contribution is -0.152. The van der Waals surface area contributed by atoms with Gasteiger partial charge in [0.05, 0.1) is 13.1 Å². The van der Waals surface area contributed by atoms with E-state index in [0.717, 1.165) is 0 Å². The molecule has 0 aromatic carbocycles. The number of aliphatic carboxylic acids is 1. The highest BCUT2D eigenvalue weighted by atomic mass is 16.4. The number of carbonyl (C=O) groups excluding carboxylic acids is 11. The molecule has 75 heavy (non-hydrogen) atoms. The number of nitrogens with zero attached hydrogens (tertiary/aromatic N) is 6. The zero-order chi connectivity index (χ0) is 54.2. The van der Waals surface area contributed by atoms with Gasteiger partial charge in [-0.2, -0.15) is 0 Å². The third-order valence-electron chi connectivity index (χ3n) is 16.3. The quantitative estimate of drug-likeness (QED) is 0.0868. The van der Waals surface area contributed by atoms with Crippen molar-refractivity contribution in [1.29, 1.82) is 0 Å². The van der Waals surface area contributed by atoms with Crippen molar-refractivity contribution in [3.63, 3.8) is 0 Å². The molecule has 7 aliphatic heterocycles. The molecule has 7 heterocycles. The summed E-state index contributed by atoms with van der Waals surface area (Å²) in [7, 11) is 0. The van der Waals surface area contributed by atoms with Gasteiger partial charge in [-0.05, 0) is 102 Å². The van der Waals surface area contributed by atoms with E-state index in [1.165, 1.54) is 29.4 Å². The molecule has 0 aliphatic carbocycles. The molecule has 0 aromatic heterocycles. The van der Waals surface area contributed by atoms with Crippen LogP contribution in [0.5, 0.6) is 0 Å². The van der Waals surface area contributed by atoms with Gasteiger partial charge in [0, 0.05) is 45.7 Å². The van der Waals surface area contributed by atoms with Gasteiger partial charge in [-0.15, -0.1) is 0 Å². The summed E-state index contributed by atoms with van der Waals surface area (Å²) < 4.78 is 0. The molecule has 11 amide bonds. The number of carboxylic acids is 1. The minimum absolute atomic E-state index is 0.0219. The van der Waals surface area contributed by atoms with Crippen LogP contribution in [0.2, 0.25) is 0 Å². The molecule has 7 fully saturated rings. The molecular weight excluding hydrogens is 975 g/mol. The molecule has 10 unspecified atom stereocenters. The van der Waals surface area contributed by atoms with Crippen molar-refractivity contribution >= 4 is 70.9 Å². The van der Waals surface area contributed by atoms with Crippen LogP contribution in [-0.4, -0.2) is 212 Å². The number of carbonyl (C=O) groups is 12. The second-order valence-corrected chi connectivity index (χ2v) is 21.7. The smallest absolute Gasteiger partial charge is 0.326 e. The molecule has 414 valence electrons. The maximum atomic E-state index is 14.3. The van der Waals surface area contributed by atoms with Gasteiger partial charge in [-0.1, -0.05) is 34.1 Å². The Morgan fingerprint density at radius 3 is 1.51 bits per heavy atom. The molecule has 7 aliphatic rings. The van der Waals surface area contributed by atoms with Crippen LogP contribution in [0, 0.1) is 11.8 Å². The Kier molecular flexibility index (Phi) is 18.8. The summed E-state index contributed by atoms with van der Waals surface area (Å²) in [4.78, 5) is 170. The Morgan fingerprint density at radius 2 is 1.00 bits per heavy atom. The molecule has 24 heteroatoms. The van der Waals surface area contributed by atoms with Crippen LogP contribution in [0.1, 0.15) is 130 Å². The fourth-order valence-corrected chi connectivity index (χ4v) is 12.1. The third-order valence-corrected chi connectivity index (χ3v) is 16.3. The lowest BCUT2D eigenvalue weighted by atomic mass is 9.96. The van der Waals surface area contributed by atoms with Gasteiger partial charge < -0.3 is 61.1 Å². The number of rotatable bonds is 19. The van der Waals surface area contributed by atoms with E-state index in [1.54, 1.807) is 0 Å². The molecule has 0 saturated carbocycles. The van der Waals surface area contributed by atoms with Crippen LogP contribution in [0.4, 0.5) is 0 Å². The first-order chi connectivity index (χ1) is 35.8. The highest BCUT2D eigenvalue weighted by Crippen LogP contribution is 2.30. The van der Waals surface area contributed by atoms with E-state index in [0.29, 0.717) is 96.4 Å². The maximum absolute atomic E-state index is 14.3. The zero-order valence-corrected chi connectivity index (χ0v) is 43.9. The summed E-state index contributed by atoms with van der Waals surface area (Å²) >= 11 is 0. The van der Waals surface area contributed by atoms with Gasteiger partial charge in [0.25, 0.3) is 0 Å².